The molecule has 150 valence electrons. The van der Waals surface area contributed by atoms with Crippen LogP contribution >= 0.6 is 11.3 Å². The van der Waals surface area contributed by atoms with E-state index in [1.54, 1.807) is 18.2 Å². The summed E-state index contributed by atoms with van der Waals surface area (Å²) in [5.74, 6) is -0.477. The minimum Gasteiger partial charge on any atom is -0.267 e. The number of fused-ring (bicyclic) bond motifs is 1. The Kier molecular flexibility index (Phi) is 5.33. The Morgan fingerprint density at radius 2 is 1.87 bits per heavy atom. The van der Waals surface area contributed by atoms with Crippen LogP contribution in [0.2, 0.25) is 0 Å². The van der Waals surface area contributed by atoms with Gasteiger partial charge in [0.1, 0.15) is 0 Å². The molecule has 0 atom stereocenters. The third-order valence-corrected chi connectivity index (χ3v) is 5.22. The quantitative estimate of drug-likeness (QED) is 0.335. The number of aromatic nitrogens is 1. The fourth-order valence-electron chi connectivity index (χ4n) is 2.93. The molecule has 4 nitrogen and oxygen atoms in total. The molecule has 8 heteroatoms. The number of benzene rings is 2. The lowest BCUT2D eigenvalue weighted by molar-refractivity contribution is -0.137. The van der Waals surface area contributed by atoms with Gasteiger partial charge < -0.3 is 0 Å². The Labute approximate surface area is 173 Å². The molecule has 0 unspecified atom stereocenters. The summed E-state index contributed by atoms with van der Waals surface area (Å²) in [5, 5.41) is 6.41. The highest BCUT2D eigenvalue weighted by Crippen LogP contribution is 2.29. The van der Waals surface area contributed by atoms with Crippen molar-refractivity contribution in [2.75, 3.05) is 0 Å². The van der Waals surface area contributed by atoms with E-state index in [2.05, 4.69) is 15.5 Å². The molecule has 0 saturated heterocycles. The van der Waals surface area contributed by atoms with Gasteiger partial charge in [0.25, 0.3) is 5.91 Å². The number of hydrogen-bond acceptors (Lipinski definition) is 4. The van der Waals surface area contributed by atoms with Crippen LogP contribution in [0.4, 0.5) is 13.2 Å². The Hall–Kier alpha value is -3.52. The first kappa shape index (κ1) is 19.8. The number of nitrogens with zero attached hydrogens (tertiary/aromatic N) is 2. The van der Waals surface area contributed by atoms with Crippen LogP contribution in [-0.2, 0) is 6.18 Å². The maximum atomic E-state index is 12.8. The Morgan fingerprint density at radius 1 is 1.03 bits per heavy atom. The molecule has 30 heavy (non-hydrogen) atoms. The third kappa shape index (κ3) is 4.23. The van der Waals surface area contributed by atoms with Gasteiger partial charge in [-0.25, -0.2) is 10.4 Å². The van der Waals surface area contributed by atoms with Crippen LogP contribution in [0.3, 0.4) is 0 Å². The molecule has 0 fully saturated rings. The monoisotopic (exact) mass is 425 g/mol. The van der Waals surface area contributed by atoms with Crippen LogP contribution < -0.4 is 5.43 Å². The molecule has 2 aromatic heterocycles. The predicted molar refractivity (Wildman–Crippen MR) is 112 cm³/mol. The second-order valence-electron chi connectivity index (χ2n) is 6.37. The van der Waals surface area contributed by atoms with E-state index in [9.17, 15) is 18.0 Å². The van der Waals surface area contributed by atoms with Gasteiger partial charge in [0, 0.05) is 5.39 Å². The molecule has 1 N–H and O–H groups in total. The zero-order valence-corrected chi connectivity index (χ0v) is 16.2. The van der Waals surface area contributed by atoms with Crippen molar-refractivity contribution < 1.29 is 18.0 Å². The number of carbonyl (C=O) groups is 1. The number of pyridine rings is 1. The average Bonchev–Trinajstić information content (AvgIpc) is 3.27. The second kappa shape index (κ2) is 8.08. The molecule has 0 bridgehead atoms. The molecule has 2 heterocycles. The van der Waals surface area contributed by atoms with Gasteiger partial charge in [0.2, 0.25) is 0 Å². The summed E-state index contributed by atoms with van der Waals surface area (Å²) in [5.41, 5.74) is 3.55. The smallest absolute Gasteiger partial charge is 0.267 e. The van der Waals surface area contributed by atoms with Crippen LogP contribution in [0.5, 0.6) is 0 Å². The van der Waals surface area contributed by atoms with Gasteiger partial charge in [-0.2, -0.15) is 18.3 Å². The fraction of sp³-hybridized carbons (Fsp3) is 0.0455. The van der Waals surface area contributed by atoms with Crippen molar-refractivity contribution in [1.82, 2.24) is 10.4 Å². The number of alkyl halides is 3. The lowest BCUT2D eigenvalue weighted by Gasteiger charge is -2.08. The predicted octanol–water partition coefficient (Wildman–Crippen LogP) is 5.75. The summed E-state index contributed by atoms with van der Waals surface area (Å²) in [7, 11) is 0. The topological polar surface area (TPSA) is 54.4 Å². The van der Waals surface area contributed by atoms with Crippen LogP contribution in [0.25, 0.3) is 21.5 Å². The molecule has 0 radical (unpaired) electrons. The van der Waals surface area contributed by atoms with Gasteiger partial charge in [-0.1, -0.05) is 36.4 Å². The third-order valence-electron chi connectivity index (χ3n) is 4.33. The molecular weight excluding hydrogens is 411 g/mol. The first-order valence-corrected chi connectivity index (χ1v) is 9.74. The van der Waals surface area contributed by atoms with Crippen molar-refractivity contribution >= 4 is 34.4 Å². The Morgan fingerprint density at radius 3 is 2.63 bits per heavy atom. The zero-order chi connectivity index (χ0) is 21.1. The van der Waals surface area contributed by atoms with E-state index in [1.807, 2.05) is 29.6 Å². The minimum absolute atomic E-state index is 0.226. The normalized spacial score (nSPS) is 11.8. The van der Waals surface area contributed by atoms with Gasteiger partial charge in [0.15, 0.2) is 0 Å². The SMILES string of the molecule is O=C(N/N=C\c1cccc(C(F)(F)F)c1)c1cc(-c2cccs2)nc2ccccc12. The molecule has 0 aliphatic carbocycles. The summed E-state index contributed by atoms with van der Waals surface area (Å²) in [4.78, 5) is 18.3. The maximum Gasteiger partial charge on any atom is 0.416 e. The summed E-state index contributed by atoms with van der Waals surface area (Å²) in [6.45, 7) is 0. The number of thiophene rings is 1. The van der Waals surface area contributed by atoms with E-state index in [-0.39, 0.29) is 5.56 Å². The van der Waals surface area contributed by atoms with Gasteiger partial charge in [-0.05, 0) is 41.3 Å². The van der Waals surface area contributed by atoms with Crippen molar-refractivity contribution in [1.29, 1.82) is 0 Å². The fourth-order valence-corrected chi connectivity index (χ4v) is 3.62. The van der Waals surface area contributed by atoms with Crippen molar-refractivity contribution in [2.24, 2.45) is 5.10 Å². The number of rotatable bonds is 4. The van der Waals surface area contributed by atoms with E-state index < -0.39 is 17.6 Å². The number of amides is 1. The first-order valence-electron chi connectivity index (χ1n) is 8.86. The maximum absolute atomic E-state index is 12.8. The first-order chi connectivity index (χ1) is 14.4. The summed E-state index contributed by atoms with van der Waals surface area (Å²) in [6, 6.07) is 17.4. The largest absolute Gasteiger partial charge is 0.416 e. The number of para-hydroxylation sites is 1. The number of carbonyl (C=O) groups excluding carboxylic acids is 1. The van der Waals surface area contributed by atoms with E-state index >= 15 is 0 Å². The van der Waals surface area contributed by atoms with Gasteiger partial charge in [0.05, 0.1) is 33.4 Å². The van der Waals surface area contributed by atoms with Gasteiger partial charge >= 0.3 is 6.18 Å². The van der Waals surface area contributed by atoms with E-state index in [4.69, 9.17) is 0 Å². The van der Waals surface area contributed by atoms with Crippen molar-refractivity contribution in [3.8, 4) is 10.6 Å². The second-order valence-corrected chi connectivity index (χ2v) is 7.32. The number of hydrogen-bond donors (Lipinski definition) is 1. The Balaban J connectivity index is 1.61. The lowest BCUT2D eigenvalue weighted by Crippen LogP contribution is -2.18. The molecule has 0 saturated carbocycles. The van der Waals surface area contributed by atoms with Gasteiger partial charge in [-0.3, -0.25) is 4.79 Å². The molecule has 0 aliphatic rings. The summed E-state index contributed by atoms with van der Waals surface area (Å²) < 4.78 is 38.5. The summed E-state index contributed by atoms with van der Waals surface area (Å²) in [6.07, 6.45) is -3.27. The highest BCUT2D eigenvalue weighted by atomic mass is 32.1. The highest BCUT2D eigenvalue weighted by Gasteiger charge is 2.30. The van der Waals surface area contributed by atoms with Gasteiger partial charge in [-0.15, -0.1) is 11.3 Å². The van der Waals surface area contributed by atoms with Crippen molar-refractivity contribution in [3.05, 3.63) is 88.8 Å². The van der Waals surface area contributed by atoms with E-state index in [0.29, 0.717) is 22.2 Å². The average molecular weight is 425 g/mol. The van der Waals surface area contributed by atoms with E-state index in [1.165, 1.54) is 29.7 Å². The number of halogens is 3. The van der Waals surface area contributed by atoms with Crippen molar-refractivity contribution in [2.45, 2.75) is 6.18 Å². The van der Waals surface area contributed by atoms with Crippen molar-refractivity contribution in [3.63, 3.8) is 0 Å². The van der Waals surface area contributed by atoms with Crippen LogP contribution in [0.1, 0.15) is 21.5 Å². The molecule has 4 aromatic rings. The summed E-state index contributed by atoms with van der Waals surface area (Å²) >= 11 is 1.51. The van der Waals surface area contributed by atoms with Crippen LogP contribution in [0.15, 0.2) is 77.2 Å². The molecule has 2 aromatic carbocycles. The zero-order valence-electron chi connectivity index (χ0n) is 15.4. The Bertz CT molecular complexity index is 1230. The minimum atomic E-state index is -4.44. The molecule has 0 aliphatic heterocycles. The standard InChI is InChI=1S/C22H14F3N3OS/c23-22(24,25)15-6-3-5-14(11-15)13-26-28-21(29)17-12-19(20-9-4-10-30-20)27-18-8-2-1-7-16(17)18/h1-13H,(H,28,29)/b26-13-. The van der Waals surface area contributed by atoms with Crippen LogP contribution in [0, 0.1) is 0 Å². The highest BCUT2D eigenvalue weighted by molar-refractivity contribution is 7.13. The number of nitrogens with one attached hydrogen (secondary N) is 1. The van der Waals surface area contributed by atoms with Crippen LogP contribution in [-0.4, -0.2) is 17.1 Å². The molecule has 0 spiro atoms. The lowest BCUT2D eigenvalue weighted by atomic mass is 10.1. The molecular formula is C22H14F3N3OS. The number of hydrazone groups is 1. The van der Waals surface area contributed by atoms with E-state index in [0.717, 1.165) is 17.0 Å². The molecule has 1 amide bonds. The molecule has 4 rings (SSSR count).